The van der Waals surface area contributed by atoms with Crippen LogP contribution in [0.3, 0.4) is 0 Å². The van der Waals surface area contributed by atoms with Crippen LogP contribution in [0.15, 0.2) is 18.2 Å². The van der Waals surface area contributed by atoms with Gasteiger partial charge in [-0.1, -0.05) is 18.2 Å². The standard InChI is InChI=1S/C12H15NO2S/c1-7-4-3-5-9(8(7)2)11-13-10(6-16-11)12(14)15/h3-5,10-11,13H,6H2,1-2H3,(H,14,15). The molecule has 1 saturated heterocycles. The summed E-state index contributed by atoms with van der Waals surface area (Å²) in [5, 5.41) is 12.2. The summed E-state index contributed by atoms with van der Waals surface area (Å²) in [7, 11) is 0. The highest BCUT2D eigenvalue weighted by Gasteiger charge is 2.30. The van der Waals surface area contributed by atoms with Crippen LogP contribution in [0, 0.1) is 13.8 Å². The predicted octanol–water partition coefficient (Wildman–Crippen LogP) is 2.09. The number of rotatable bonds is 2. The normalized spacial score (nSPS) is 24.6. The zero-order valence-electron chi connectivity index (χ0n) is 9.36. The minimum atomic E-state index is -0.764. The van der Waals surface area contributed by atoms with E-state index in [0.717, 1.165) is 0 Å². The van der Waals surface area contributed by atoms with Gasteiger partial charge >= 0.3 is 5.97 Å². The van der Waals surface area contributed by atoms with E-state index >= 15 is 0 Å². The molecule has 1 aromatic rings. The maximum atomic E-state index is 10.9. The number of hydrogen-bond acceptors (Lipinski definition) is 3. The van der Waals surface area contributed by atoms with Crippen LogP contribution < -0.4 is 5.32 Å². The average Bonchev–Trinajstić information content (AvgIpc) is 2.71. The summed E-state index contributed by atoms with van der Waals surface area (Å²) in [5.41, 5.74) is 3.70. The lowest BCUT2D eigenvalue weighted by molar-refractivity contribution is -0.138. The van der Waals surface area contributed by atoms with Crippen LogP contribution in [0.1, 0.15) is 22.1 Å². The Bertz CT molecular complexity index is 419. The number of aliphatic carboxylic acids is 1. The van der Waals surface area contributed by atoms with Crippen LogP contribution in [-0.4, -0.2) is 22.9 Å². The van der Waals surface area contributed by atoms with Gasteiger partial charge in [-0.3, -0.25) is 10.1 Å². The second-order valence-corrected chi connectivity index (χ2v) is 5.20. The van der Waals surface area contributed by atoms with Crippen molar-refractivity contribution in [3.8, 4) is 0 Å². The predicted molar refractivity (Wildman–Crippen MR) is 65.7 cm³/mol. The van der Waals surface area contributed by atoms with Gasteiger partial charge in [0, 0.05) is 5.75 Å². The van der Waals surface area contributed by atoms with Crippen LogP contribution in [-0.2, 0) is 4.79 Å². The smallest absolute Gasteiger partial charge is 0.321 e. The highest BCUT2D eigenvalue weighted by Crippen LogP contribution is 2.35. The van der Waals surface area contributed by atoms with E-state index < -0.39 is 12.0 Å². The van der Waals surface area contributed by atoms with Gasteiger partial charge in [0.2, 0.25) is 0 Å². The Balaban J connectivity index is 2.21. The molecule has 16 heavy (non-hydrogen) atoms. The monoisotopic (exact) mass is 237 g/mol. The zero-order valence-corrected chi connectivity index (χ0v) is 10.2. The van der Waals surface area contributed by atoms with Crippen LogP contribution in [0.25, 0.3) is 0 Å². The number of aryl methyl sites for hydroxylation is 1. The van der Waals surface area contributed by atoms with Crippen LogP contribution >= 0.6 is 11.8 Å². The first kappa shape index (κ1) is 11.5. The molecule has 1 heterocycles. The van der Waals surface area contributed by atoms with Gasteiger partial charge in [0.15, 0.2) is 0 Å². The molecular weight excluding hydrogens is 222 g/mol. The third kappa shape index (κ3) is 2.08. The van der Waals surface area contributed by atoms with E-state index in [0.29, 0.717) is 5.75 Å². The second kappa shape index (κ2) is 4.47. The number of carboxylic acid groups (broad SMARTS) is 1. The Morgan fingerprint density at radius 2 is 2.25 bits per heavy atom. The van der Waals surface area contributed by atoms with E-state index in [-0.39, 0.29) is 5.37 Å². The van der Waals surface area contributed by atoms with Crippen LogP contribution in [0.5, 0.6) is 0 Å². The molecular formula is C12H15NO2S. The first-order valence-electron chi connectivity index (χ1n) is 5.26. The van der Waals surface area contributed by atoms with Gasteiger partial charge in [-0.2, -0.15) is 0 Å². The number of hydrogen-bond donors (Lipinski definition) is 2. The molecule has 2 unspecified atom stereocenters. The van der Waals surface area contributed by atoms with Crippen molar-refractivity contribution in [2.24, 2.45) is 0 Å². The lowest BCUT2D eigenvalue weighted by atomic mass is 10.0. The molecule has 3 nitrogen and oxygen atoms in total. The molecule has 86 valence electrons. The first-order chi connectivity index (χ1) is 7.59. The fourth-order valence-electron chi connectivity index (χ4n) is 1.85. The van der Waals surface area contributed by atoms with Crippen molar-refractivity contribution in [3.05, 3.63) is 34.9 Å². The van der Waals surface area contributed by atoms with E-state index in [2.05, 4.69) is 31.3 Å². The topological polar surface area (TPSA) is 49.3 Å². The van der Waals surface area contributed by atoms with E-state index in [1.807, 2.05) is 6.07 Å². The number of nitrogens with one attached hydrogen (secondary N) is 1. The molecule has 1 aliphatic heterocycles. The summed E-state index contributed by atoms with van der Waals surface area (Å²) in [6.07, 6.45) is 0. The Morgan fingerprint density at radius 3 is 2.88 bits per heavy atom. The lowest BCUT2D eigenvalue weighted by Crippen LogP contribution is -2.33. The summed E-state index contributed by atoms with van der Waals surface area (Å²) in [5.74, 6) is -0.131. The molecule has 4 heteroatoms. The quantitative estimate of drug-likeness (QED) is 0.827. The van der Waals surface area contributed by atoms with Gasteiger partial charge in [0.25, 0.3) is 0 Å². The van der Waals surface area contributed by atoms with Crippen molar-refractivity contribution in [2.75, 3.05) is 5.75 Å². The van der Waals surface area contributed by atoms with Crippen LogP contribution in [0.4, 0.5) is 0 Å². The molecule has 0 bridgehead atoms. The van der Waals surface area contributed by atoms with Crippen molar-refractivity contribution in [2.45, 2.75) is 25.3 Å². The zero-order chi connectivity index (χ0) is 11.7. The van der Waals surface area contributed by atoms with Gasteiger partial charge < -0.3 is 5.11 Å². The van der Waals surface area contributed by atoms with Gasteiger partial charge in [-0.05, 0) is 30.5 Å². The van der Waals surface area contributed by atoms with Crippen molar-refractivity contribution in [1.29, 1.82) is 0 Å². The Morgan fingerprint density at radius 1 is 1.50 bits per heavy atom. The minimum absolute atomic E-state index is 0.112. The number of thioether (sulfide) groups is 1. The van der Waals surface area contributed by atoms with E-state index in [9.17, 15) is 4.79 Å². The summed E-state index contributed by atoms with van der Waals surface area (Å²) in [6.45, 7) is 4.16. The van der Waals surface area contributed by atoms with Gasteiger partial charge in [-0.15, -0.1) is 11.8 Å². The molecule has 0 aliphatic carbocycles. The average molecular weight is 237 g/mol. The van der Waals surface area contributed by atoms with E-state index in [1.54, 1.807) is 11.8 Å². The number of carbonyl (C=O) groups is 1. The molecule has 0 aromatic heterocycles. The van der Waals surface area contributed by atoms with E-state index in [4.69, 9.17) is 5.11 Å². The number of benzene rings is 1. The minimum Gasteiger partial charge on any atom is -0.480 e. The fraction of sp³-hybridized carbons (Fsp3) is 0.417. The van der Waals surface area contributed by atoms with E-state index in [1.165, 1.54) is 16.7 Å². The van der Waals surface area contributed by atoms with Crippen molar-refractivity contribution < 1.29 is 9.90 Å². The Kier molecular flexibility index (Phi) is 3.21. The summed E-state index contributed by atoms with van der Waals surface area (Å²) in [4.78, 5) is 10.9. The Hall–Kier alpha value is -1.00. The molecule has 1 fully saturated rings. The van der Waals surface area contributed by atoms with Crippen molar-refractivity contribution in [3.63, 3.8) is 0 Å². The van der Waals surface area contributed by atoms with Crippen LogP contribution in [0.2, 0.25) is 0 Å². The Labute approximate surface area is 99.2 Å². The highest BCUT2D eigenvalue weighted by molar-refractivity contribution is 7.99. The highest BCUT2D eigenvalue weighted by atomic mass is 32.2. The molecule has 0 amide bonds. The lowest BCUT2D eigenvalue weighted by Gasteiger charge is -2.15. The first-order valence-corrected chi connectivity index (χ1v) is 6.31. The summed E-state index contributed by atoms with van der Waals surface area (Å²) < 4.78 is 0. The van der Waals surface area contributed by atoms with Crippen molar-refractivity contribution >= 4 is 17.7 Å². The molecule has 1 aliphatic rings. The SMILES string of the molecule is Cc1cccc(C2NC(C(=O)O)CS2)c1C. The molecule has 1 aromatic carbocycles. The third-order valence-electron chi connectivity index (χ3n) is 3.01. The summed E-state index contributed by atoms with van der Waals surface area (Å²) >= 11 is 1.66. The summed E-state index contributed by atoms with van der Waals surface area (Å²) in [6, 6.07) is 5.74. The molecule has 0 saturated carbocycles. The molecule has 0 radical (unpaired) electrons. The molecule has 2 N–H and O–H groups in total. The number of carboxylic acids is 1. The molecule has 2 atom stereocenters. The fourth-order valence-corrected chi connectivity index (χ4v) is 3.17. The molecule has 0 spiro atoms. The third-order valence-corrected chi connectivity index (χ3v) is 4.26. The van der Waals surface area contributed by atoms with Crippen molar-refractivity contribution in [1.82, 2.24) is 5.32 Å². The van der Waals surface area contributed by atoms with Gasteiger partial charge in [0.1, 0.15) is 6.04 Å². The largest absolute Gasteiger partial charge is 0.480 e. The maximum absolute atomic E-state index is 10.9. The van der Waals surface area contributed by atoms with Gasteiger partial charge in [-0.25, -0.2) is 0 Å². The molecule has 2 rings (SSSR count). The maximum Gasteiger partial charge on any atom is 0.321 e. The second-order valence-electron chi connectivity index (χ2n) is 4.06. The van der Waals surface area contributed by atoms with Gasteiger partial charge in [0.05, 0.1) is 5.37 Å².